The van der Waals surface area contributed by atoms with E-state index in [0.717, 1.165) is 5.56 Å². The van der Waals surface area contributed by atoms with Gasteiger partial charge in [0.25, 0.3) is 5.91 Å². The Kier molecular flexibility index (Phi) is 7.54. The molecule has 7 heteroatoms. The summed E-state index contributed by atoms with van der Waals surface area (Å²) in [6.07, 6.45) is 0.772. The van der Waals surface area contributed by atoms with Crippen molar-refractivity contribution in [2.45, 2.75) is 12.8 Å². The van der Waals surface area contributed by atoms with Gasteiger partial charge in [-0.2, -0.15) is 0 Å². The van der Waals surface area contributed by atoms with E-state index < -0.39 is 0 Å². The summed E-state index contributed by atoms with van der Waals surface area (Å²) < 4.78 is 0. The van der Waals surface area contributed by atoms with Gasteiger partial charge in [-0.3, -0.25) is 9.59 Å². The van der Waals surface area contributed by atoms with Crippen molar-refractivity contribution in [2.75, 3.05) is 10.6 Å². The summed E-state index contributed by atoms with van der Waals surface area (Å²) in [6, 6.07) is 23.5. The molecule has 0 spiro atoms. The standard InChI is InChI=1S/C23H20ClN3O2S/c24-20-12-5-4-7-16(20)13-14-21(28)27-23(30)26-19-11-6-8-17(15-19)22(29)25-18-9-2-1-3-10-18/h1-12,15H,13-14H2,(H,25,29)(H2,26,27,28,30). The van der Waals surface area contributed by atoms with Crippen LogP contribution >= 0.6 is 23.8 Å². The molecule has 0 unspecified atom stereocenters. The average molecular weight is 438 g/mol. The largest absolute Gasteiger partial charge is 0.332 e. The van der Waals surface area contributed by atoms with Gasteiger partial charge in [-0.05, 0) is 60.6 Å². The van der Waals surface area contributed by atoms with Gasteiger partial charge in [0.15, 0.2) is 5.11 Å². The number of hydrogen-bond donors (Lipinski definition) is 3. The van der Waals surface area contributed by atoms with Crippen LogP contribution < -0.4 is 16.0 Å². The van der Waals surface area contributed by atoms with Crippen LogP contribution in [0.1, 0.15) is 22.3 Å². The quantitative estimate of drug-likeness (QED) is 0.472. The van der Waals surface area contributed by atoms with Gasteiger partial charge in [0, 0.05) is 28.4 Å². The third-order valence-electron chi connectivity index (χ3n) is 4.25. The second-order valence-electron chi connectivity index (χ2n) is 6.49. The van der Waals surface area contributed by atoms with E-state index in [1.807, 2.05) is 48.5 Å². The van der Waals surface area contributed by atoms with Crippen molar-refractivity contribution in [2.24, 2.45) is 0 Å². The number of thiocarbonyl (C=S) groups is 1. The van der Waals surface area contributed by atoms with Crippen molar-refractivity contribution in [1.29, 1.82) is 0 Å². The van der Waals surface area contributed by atoms with Crippen LogP contribution in [0.25, 0.3) is 0 Å². The highest BCUT2D eigenvalue weighted by Crippen LogP contribution is 2.17. The Hall–Kier alpha value is -3.22. The number of benzene rings is 3. The number of aryl methyl sites for hydroxylation is 1. The van der Waals surface area contributed by atoms with Crippen LogP contribution in [0.4, 0.5) is 11.4 Å². The molecule has 0 aromatic heterocycles. The van der Waals surface area contributed by atoms with Gasteiger partial charge in [-0.15, -0.1) is 0 Å². The number of para-hydroxylation sites is 1. The molecule has 0 bridgehead atoms. The van der Waals surface area contributed by atoms with Crippen LogP contribution in [-0.2, 0) is 11.2 Å². The molecule has 5 nitrogen and oxygen atoms in total. The van der Waals surface area contributed by atoms with Gasteiger partial charge in [-0.1, -0.05) is 54.1 Å². The smallest absolute Gasteiger partial charge is 0.255 e. The number of anilines is 2. The van der Waals surface area contributed by atoms with E-state index in [0.29, 0.717) is 28.4 Å². The average Bonchev–Trinajstić information content (AvgIpc) is 2.74. The van der Waals surface area contributed by atoms with Crippen molar-refractivity contribution in [3.63, 3.8) is 0 Å². The van der Waals surface area contributed by atoms with Crippen LogP contribution in [0.5, 0.6) is 0 Å². The molecule has 30 heavy (non-hydrogen) atoms. The van der Waals surface area contributed by atoms with Crippen LogP contribution in [0, 0.1) is 0 Å². The number of halogens is 1. The van der Waals surface area contributed by atoms with Crippen LogP contribution in [0.15, 0.2) is 78.9 Å². The lowest BCUT2D eigenvalue weighted by Crippen LogP contribution is -2.34. The minimum Gasteiger partial charge on any atom is -0.332 e. The first-order valence-electron chi connectivity index (χ1n) is 9.32. The lowest BCUT2D eigenvalue weighted by atomic mass is 10.1. The maximum Gasteiger partial charge on any atom is 0.255 e. The number of rotatable bonds is 6. The Morgan fingerprint density at radius 1 is 0.833 bits per heavy atom. The lowest BCUT2D eigenvalue weighted by Gasteiger charge is -2.11. The molecule has 0 fully saturated rings. The highest BCUT2D eigenvalue weighted by atomic mass is 35.5. The fourth-order valence-corrected chi connectivity index (χ4v) is 3.23. The van der Waals surface area contributed by atoms with Gasteiger partial charge >= 0.3 is 0 Å². The molecule has 3 N–H and O–H groups in total. The first kappa shape index (κ1) is 21.5. The molecule has 3 rings (SSSR count). The summed E-state index contributed by atoms with van der Waals surface area (Å²) >= 11 is 11.3. The number of nitrogens with one attached hydrogen (secondary N) is 3. The Labute approximate surface area is 185 Å². The molecule has 2 amide bonds. The highest BCUT2D eigenvalue weighted by Gasteiger charge is 2.10. The first-order chi connectivity index (χ1) is 14.5. The molecule has 0 saturated carbocycles. The third-order valence-corrected chi connectivity index (χ3v) is 4.82. The van der Waals surface area contributed by atoms with Crippen molar-refractivity contribution in [1.82, 2.24) is 5.32 Å². The van der Waals surface area contributed by atoms with E-state index in [4.69, 9.17) is 23.8 Å². The molecular formula is C23H20ClN3O2S. The molecule has 0 radical (unpaired) electrons. The van der Waals surface area contributed by atoms with E-state index in [2.05, 4.69) is 16.0 Å². The van der Waals surface area contributed by atoms with Crippen LogP contribution in [-0.4, -0.2) is 16.9 Å². The second-order valence-corrected chi connectivity index (χ2v) is 7.31. The second kappa shape index (κ2) is 10.5. The van der Waals surface area contributed by atoms with Crippen LogP contribution in [0.2, 0.25) is 5.02 Å². The topological polar surface area (TPSA) is 70.2 Å². The number of amides is 2. The SMILES string of the molecule is O=C(CCc1ccccc1Cl)NC(=S)Nc1cccc(C(=O)Nc2ccccc2)c1. The molecule has 3 aromatic carbocycles. The predicted octanol–water partition coefficient (Wildman–Crippen LogP) is 5.04. The van der Waals surface area contributed by atoms with Crippen molar-refractivity contribution in [3.05, 3.63) is 95.0 Å². The molecule has 0 aliphatic heterocycles. The summed E-state index contributed by atoms with van der Waals surface area (Å²) in [5.74, 6) is -0.454. The Balaban J connectivity index is 1.52. The zero-order valence-corrected chi connectivity index (χ0v) is 17.6. The molecular weight excluding hydrogens is 418 g/mol. The minimum absolute atomic E-state index is 0.166. The highest BCUT2D eigenvalue weighted by molar-refractivity contribution is 7.80. The molecule has 0 aliphatic carbocycles. The normalized spacial score (nSPS) is 10.2. The zero-order chi connectivity index (χ0) is 21.3. The predicted molar refractivity (Wildman–Crippen MR) is 125 cm³/mol. The van der Waals surface area contributed by atoms with Gasteiger partial charge < -0.3 is 16.0 Å². The summed E-state index contributed by atoms with van der Waals surface area (Å²) in [7, 11) is 0. The number of hydrogen-bond acceptors (Lipinski definition) is 3. The van der Waals surface area contributed by atoms with Crippen molar-refractivity contribution < 1.29 is 9.59 Å². The summed E-state index contributed by atoms with van der Waals surface area (Å²) in [6.45, 7) is 0. The number of carbonyl (C=O) groups is 2. The minimum atomic E-state index is -0.237. The van der Waals surface area contributed by atoms with E-state index in [-0.39, 0.29) is 23.3 Å². The van der Waals surface area contributed by atoms with Gasteiger partial charge in [-0.25, -0.2) is 0 Å². The van der Waals surface area contributed by atoms with E-state index >= 15 is 0 Å². The van der Waals surface area contributed by atoms with E-state index in [9.17, 15) is 9.59 Å². The van der Waals surface area contributed by atoms with Crippen molar-refractivity contribution >= 4 is 52.1 Å². The van der Waals surface area contributed by atoms with Crippen molar-refractivity contribution in [3.8, 4) is 0 Å². The summed E-state index contributed by atoms with van der Waals surface area (Å²) in [5.41, 5.74) is 2.69. The van der Waals surface area contributed by atoms with E-state index in [1.165, 1.54) is 0 Å². The van der Waals surface area contributed by atoms with Gasteiger partial charge in [0.05, 0.1) is 0 Å². The molecule has 0 aliphatic rings. The molecule has 3 aromatic rings. The maximum absolute atomic E-state index is 12.4. The first-order valence-corrected chi connectivity index (χ1v) is 10.1. The molecule has 0 saturated heterocycles. The maximum atomic E-state index is 12.4. The fourth-order valence-electron chi connectivity index (χ4n) is 2.76. The van der Waals surface area contributed by atoms with E-state index in [1.54, 1.807) is 30.3 Å². The Bertz CT molecular complexity index is 1060. The molecule has 0 atom stereocenters. The zero-order valence-electron chi connectivity index (χ0n) is 16.0. The summed E-state index contributed by atoms with van der Waals surface area (Å²) in [5, 5.41) is 9.21. The lowest BCUT2D eigenvalue weighted by molar-refractivity contribution is -0.119. The third kappa shape index (κ3) is 6.40. The molecule has 0 heterocycles. The molecule has 152 valence electrons. The fraction of sp³-hybridized carbons (Fsp3) is 0.0870. The summed E-state index contributed by atoms with van der Waals surface area (Å²) in [4.78, 5) is 24.6. The number of carbonyl (C=O) groups excluding carboxylic acids is 2. The van der Waals surface area contributed by atoms with Gasteiger partial charge in [0.1, 0.15) is 0 Å². The Morgan fingerprint density at radius 3 is 2.30 bits per heavy atom. The van der Waals surface area contributed by atoms with Gasteiger partial charge in [0.2, 0.25) is 5.91 Å². The monoisotopic (exact) mass is 437 g/mol. The van der Waals surface area contributed by atoms with Crippen LogP contribution in [0.3, 0.4) is 0 Å². The Morgan fingerprint density at radius 2 is 1.53 bits per heavy atom.